The maximum Gasteiger partial charge on any atom is 0.191 e. The second-order valence-electron chi connectivity index (χ2n) is 4.30. The molecule has 0 saturated heterocycles. The third kappa shape index (κ3) is 2.38. The molecular formula is C10H19N3O. The third-order valence-corrected chi connectivity index (χ3v) is 3.04. The Balaban J connectivity index is 1.77. The Morgan fingerprint density at radius 2 is 2.14 bits per heavy atom. The summed E-state index contributed by atoms with van der Waals surface area (Å²) in [5.41, 5.74) is -0.495. The average molecular weight is 197 g/mol. The predicted octanol–water partition coefficient (Wildman–Crippen LogP) is 0.230. The van der Waals surface area contributed by atoms with E-state index in [1.807, 2.05) is 0 Å². The van der Waals surface area contributed by atoms with Crippen LogP contribution in [0.2, 0.25) is 0 Å². The van der Waals surface area contributed by atoms with Crippen molar-refractivity contribution in [2.45, 2.75) is 37.7 Å². The first kappa shape index (κ1) is 9.77. The van der Waals surface area contributed by atoms with E-state index < -0.39 is 5.60 Å². The van der Waals surface area contributed by atoms with Gasteiger partial charge in [0.05, 0.1) is 12.1 Å². The monoisotopic (exact) mass is 197 g/mol. The van der Waals surface area contributed by atoms with E-state index in [4.69, 9.17) is 0 Å². The summed E-state index contributed by atoms with van der Waals surface area (Å²) in [4.78, 5) is 4.23. The Kier molecular flexibility index (Phi) is 2.91. The van der Waals surface area contributed by atoms with Gasteiger partial charge in [-0.2, -0.15) is 0 Å². The molecule has 2 rings (SSSR count). The summed E-state index contributed by atoms with van der Waals surface area (Å²) < 4.78 is 0. The maximum atomic E-state index is 10.2. The van der Waals surface area contributed by atoms with E-state index in [2.05, 4.69) is 15.6 Å². The zero-order chi connectivity index (χ0) is 9.86. The molecule has 0 aromatic carbocycles. The quantitative estimate of drug-likeness (QED) is 0.594. The van der Waals surface area contributed by atoms with Crippen molar-refractivity contribution < 1.29 is 5.11 Å². The van der Waals surface area contributed by atoms with Crippen molar-refractivity contribution in [3.05, 3.63) is 0 Å². The van der Waals surface area contributed by atoms with Crippen molar-refractivity contribution in [2.75, 3.05) is 19.6 Å². The summed E-state index contributed by atoms with van der Waals surface area (Å²) in [6, 6.07) is 0. The molecule has 1 fully saturated rings. The molecule has 1 saturated carbocycles. The molecule has 0 bridgehead atoms. The van der Waals surface area contributed by atoms with Gasteiger partial charge in [0.25, 0.3) is 0 Å². The summed E-state index contributed by atoms with van der Waals surface area (Å²) in [5, 5.41) is 16.5. The minimum Gasteiger partial charge on any atom is -0.388 e. The molecule has 0 aromatic rings. The lowest BCUT2D eigenvalue weighted by Gasteiger charge is -2.32. The Hall–Kier alpha value is -0.770. The molecule has 1 heterocycles. The summed E-state index contributed by atoms with van der Waals surface area (Å²) in [7, 11) is 0. The van der Waals surface area contributed by atoms with Crippen LogP contribution < -0.4 is 10.6 Å². The molecule has 1 aliphatic heterocycles. The molecular weight excluding hydrogens is 178 g/mol. The summed E-state index contributed by atoms with van der Waals surface area (Å²) in [5.74, 6) is 0.851. The molecule has 0 amide bonds. The van der Waals surface area contributed by atoms with Gasteiger partial charge < -0.3 is 15.7 Å². The van der Waals surface area contributed by atoms with E-state index >= 15 is 0 Å². The number of nitrogens with zero attached hydrogens (tertiary/aromatic N) is 1. The minimum absolute atomic E-state index is 0.495. The van der Waals surface area contributed by atoms with Crippen LogP contribution in [-0.2, 0) is 0 Å². The van der Waals surface area contributed by atoms with Gasteiger partial charge in [-0.3, -0.25) is 4.99 Å². The maximum absolute atomic E-state index is 10.2. The highest BCUT2D eigenvalue weighted by atomic mass is 16.3. The van der Waals surface area contributed by atoms with Crippen molar-refractivity contribution >= 4 is 5.96 Å². The number of aliphatic imine (C=N–C) groups is 1. The van der Waals surface area contributed by atoms with Crippen LogP contribution in [0.25, 0.3) is 0 Å². The van der Waals surface area contributed by atoms with Crippen LogP contribution in [0.1, 0.15) is 32.1 Å². The highest BCUT2D eigenvalue weighted by molar-refractivity contribution is 5.81. The molecule has 2 aliphatic rings. The fourth-order valence-electron chi connectivity index (χ4n) is 2.15. The first-order valence-corrected chi connectivity index (χ1v) is 5.53. The first-order chi connectivity index (χ1) is 6.79. The number of rotatable bonds is 2. The molecule has 0 radical (unpaired) electrons. The van der Waals surface area contributed by atoms with Gasteiger partial charge in [0.1, 0.15) is 0 Å². The molecule has 0 unspecified atom stereocenters. The van der Waals surface area contributed by atoms with E-state index in [0.29, 0.717) is 6.54 Å². The smallest absolute Gasteiger partial charge is 0.191 e. The van der Waals surface area contributed by atoms with Gasteiger partial charge in [-0.25, -0.2) is 0 Å². The Morgan fingerprint density at radius 1 is 1.36 bits per heavy atom. The van der Waals surface area contributed by atoms with Gasteiger partial charge >= 0.3 is 0 Å². The molecule has 0 spiro atoms. The molecule has 4 heteroatoms. The van der Waals surface area contributed by atoms with Crippen molar-refractivity contribution in [2.24, 2.45) is 4.99 Å². The Bertz CT molecular complexity index is 221. The molecule has 1 aliphatic carbocycles. The number of hydrogen-bond donors (Lipinski definition) is 3. The summed E-state index contributed by atoms with van der Waals surface area (Å²) in [6.07, 6.45) is 5.41. The topological polar surface area (TPSA) is 56.6 Å². The van der Waals surface area contributed by atoms with Crippen LogP contribution in [0, 0.1) is 0 Å². The van der Waals surface area contributed by atoms with Crippen LogP contribution in [-0.4, -0.2) is 36.3 Å². The van der Waals surface area contributed by atoms with Gasteiger partial charge in [0.15, 0.2) is 5.96 Å². The normalized spacial score (nSPS) is 25.4. The fourth-order valence-corrected chi connectivity index (χ4v) is 2.15. The van der Waals surface area contributed by atoms with Crippen LogP contribution >= 0.6 is 0 Å². The molecule has 4 nitrogen and oxygen atoms in total. The first-order valence-electron chi connectivity index (χ1n) is 5.53. The second-order valence-corrected chi connectivity index (χ2v) is 4.30. The Labute approximate surface area is 84.8 Å². The second kappa shape index (κ2) is 4.17. The predicted molar refractivity (Wildman–Crippen MR) is 56.3 cm³/mol. The minimum atomic E-state index is -0.495. The van der Waals surface area contributed by atoms with Crippen molar-refractivity contribution in [3.8, 4) is 0 Å². The highest BCUT2D eigenvalue weighted by Gasteiger charge is 2.29. The van der Waals surface area contributed by atoms with E-state index in [0.717, 1.165) is 44.7 Å². The lowest BCUT2D eigenvalue weighted by molar-refractivity contribution is 0.00864. The molecule has 80 valence electrons. The highest BCUT2D eigenvalue weighted by Crippen LogP contribution is 2.27. The zero-order valence-electron chi connectivity index (χ0n) is 8.55. The van der Waals surface area contributed by atoms with Gasteiger partial charge in [-0.15, -0.1) is 0 Å². The molecule has 3 N–H and O–H groups in total. The molecule has 14 heavy (non-hydrogen) atoms. The van der Waals surface area contributed by atoms with Crippen LogP contribution in [0.4, 0.5) is 0 Å². The van der Waals surface area contributed by atoms with E-state index in [9.17, 15) is 5.11 Å². The van der Waals surface area contributed by atoms with Crippen LogP contribution in [0.3, 0.4) is 0 Å². The molecule has 0 atom stereocenters. The fraction of sp³-hybridized carbons (Fsp3) is 0.900. The van der Waals surface area contributed by atoms with E-state index in [1.54, 1.807) is 0 Å². The third-order valence-electron chi connectivity index (χ3n) is 3.04. The van der Waals surface area contributed by atoms with E-state index in [1.165, 1.54) is 6.42 Å². The Morgan fingerprint density at radius 3 is 2.79 bits per heavy atom. The lowest BCUT2D eigenvalue weighted by atomic mass is 9.85. The number of hydrogen-bond acceptors (Lipinski definition) is 4. The van der Waals surface area contributed by atoms with Crippen molar-refractivity contribution in [1.29, 1.82) is 0 Å². The van der Waals surface area contributed by atoms with Gasteiger partial charge in [-0.1, -0.05) is 19.3 Å². The number of aliphatic hydroxyl groups is 1. The van der Waals surface area contributed by atoms with Crippen LogP contribution in [0.15, 0.2) is 4.99 Å². The zero-order valence-corrected chi connectivity index (χ0v) is 8.55. The van der Waals surface area contributed by atoms with Crippen LogP contribution in [0.5, 0.6) is 0 Å². The average Bonchev–Trinajstić information content (AvgIpc) is 2.69. The SMILES string of the molecule is OC1(CNC2=NCCN2)CCCCC1. The largest absolute Gasteiger partial charge is 0.388 e. The van der Waals surface area contributed by atoms with Gasteiger partial charge in [0.2, 0.25) is 0 Å². The van der Waals surface area contributed by atoms with Gasteiger partial charge in [0, 0.05) is 13.1 Å². The summed E-state index contributed by atoms with van der Waals surface area (Å²) >= 11 is 0. The van der Waals surface area contributed by atoms with Crippen molar-refractivity contribution in [3.63, 3.8) is 0 Å². The van der Waals surface area contributed by atoms with Gasteiger partial charge in [-0.05, 0) is 12.8 Å². The standard InChI is InChI=1S/C10H19N3O/c14-10(4-2-1-3-5-10)8-13-9-11-6-7-12-9/h14H,1-8H2,(H2,11,12,13). The lowest BCUT2D eigenvalue weighted by Crippen LogP contribution is -2.46. The van der Waals surface area contributed by atoms with E-state index in [-0.39, 0.29) is 0 Å². The molecule has 0 aromatic heterocycles. The number of nitrogens with one attached hydrogen (secondary N) is 2. The van der Waals surface area contributed by atoms with Crippen molar-refractivity contribution in [1.82, 2.24) is 10.6 Å². The number of guanidine groups is 1. The summed E-state index contributed by atoms with van der Waals surface area (Å²) in [6.45, 7) is 2.40.